The Morgan fingerprint density at radius 3 is 2.74 bits per heavy atom. The number of ether oxygens (including phenoxy) is 1. The largest absolute Gasteiger partial charge is 0.479 e. The summed E-state index contributed by atoms with van der Waals surface area (Å²) in [5.74, 6) is 0.354. The molecule has 0 aromatic heterocycles. The van der Waals surface area contributed by atoms with Crippen LogP contribution in [-0.4, -0.2) is 17.6 Å². The third-order valence-corrected chi connectivity index (χ3v) is 3.25. The topological polar surface area (TPSA) is 82.3 Å². The molecular formula is C18H18N2O3. The lowest BCUT2D eigenvalue weighted by atomic mass is 10.1. The molecule has 2 aromatic carbocycles. The fourth-order valence-electron chi connectivity index (χ4n) is 2.10. The van der Waals surface area contributed by atoms with Crippen molar-refractivity contribution in [1.82, 2.24) is 5.32 Å². The Labute approximate surface area is 135 Å². The Bertz CT molecular complexity index is 680. The molecule has 1 atom stereocenters. The summed E-state index contributed by atoms with van der Waals surface area (Å²) in [6.07, 6.45) is -0.809. The molecule has 0 bridgehead atoms. The molecule has 0 saturated heterocycles. The zero-order valence-corrected chi connectivity index (χ0v) is 12.6. The van der Waals surface area contributed by atoms with E-state index < -0.39 is 6.10 Å². The predicted octanol–water partition coefficient (Wildman–Crippen LogP) is 2.33. The molecule has 1 amide bonds. The van der Waals surface area contributed by atoms with Gasteiger partial charge in [0.1, 0.15) is 11.8 Å². The van der Waals surface area contributed by atoms with E-state index in [4.69, 9.17) is 10.00 Å². The highest BCUT2D eigenvalue weighted by molar-refractivity contribution is 5.76. The molecule has 0 radical (unpaired) electrons. The summed E-state index contributed by atoms with van der Waals surface area (Å²) in [7, 11) is 0. The van der Waals surface area contributed by atoms with E-state index >= 15 is 0 Å². The van der Waals surface area contributed by atoms with E-state index in [1.54, 1.807) is 30.3 Å². The predicted molar refractivity (Wildman–Crippen MR) is 85.4 cm³/mol. The Balaban J connectivity index is 1.83. The van der Waals surface area contributed by atoms with Crippen LogP contribution in [0.3, 0.4) is 0 Å². The van der Waals surface area contributed by atoms with Gasteiger partial charge in [-0.1, -0.05) is 42.5 Å². The van der Waals surface area contributed by atoms with E-state index in [1.807, 2.05) is 30.3 Å². The molecule has 5 nitrogen and oxygen atoms in total. The van der Waals surface area contributed by atoms with Crippen molar-refractivity contribution in [2.75, 3.05) is 6.61 Å². The van der Waals surface area contributed by atoms with Crippen LogP contribution in [0.2, 0.25) is 0 Å². The summed E-state index contributed by atoms with van der Waals surface area (Å²) < 4.78 is 5.21. The fraction of sp³-hybridized carbons (Fsp3) is 0.222. The van der Waals surface area contributed by atoms with Gasteiger partial charge in [-0.25, -0.2) is 0 Å². The van der Waals surface area contributed by atoms with Crippen molar-refractivity contribution in [2.45, 2.75) is 19.1 Å². The second kappa shape index (κ2) is 8.57. The Kier molecular flexibility index (Phi) is 6.16. The van der Waals surface area contributed by atoms with E-state index in [2.05, 4.69) is 5.32 Å². The summed E-state index contributed by atoms with van der Waals surface area (Å²) in [5, 5.41) is 21.3. The Morgan fingerprint density at radius 1 is 1.22 bits per heavy atom. The van der Waals surface area contributed by atoms with Gasteiger partial charge in [-0.3, -0.25) is 4.79 Å². The number of nitrogens with one attached hydrogen (secondary N) is 1. The number of hydrogen-bond acceptors (Lipinski definition) is 4. The molecule has 0 fully saturated rings. The molecule has 2 N–H and O–H groups in total. The average molecular weight is 310 g/mol. The van der Waals surface area contributed by atoms with Crippen molar-refractivity contribution in [3.8, 4) is 11.8 Å². The third kappa shape index (κ3) is 5.46. The van der Waals surface area contributed by atoms with Gasteiger partial charge < -0.3 is 15.2 Å². The van der Waals surface area contributed by atoms with Gasteiger partial charge in [-0.05, 0) is 23.3 Å². The van der Waals surface area contributed by atoms with Crippen molar-refractivity contribution in [3.05, 3.63) is 65.7 Å². The van der Waals surface area contributed by atoms with Crippen LogP contribution < -0.4 is 10.1 Å². The van der Waals surface area contributed by atoms with Crippen molar-refractivity contribution in [1.29, 1.82) is 5.26 Å². The lowest BCUT2D eigenvalue weighted by Gasteiger charge is -2.11. The maximum atomic E-state index is 11.9. The summed E-state index contributed by atoms with van der Waals surface area (Å²) in [6, 6.07) is 18.2. The number of amides is 1. The van der Waals surface area contributed by atoms with Crippen LogP contribution in [0.1, 0.15) is 23.7 Å². The molecule has 2 aromatic rings. The minimum absolute atomic E-state index is 0.00857. The number of nitrogens with zero attached hydrogens (tertiary/aromatic N) is 1. The second-order valence-electron chi connectivity index (χ2n) is 5.00. The van der Waals surface area contributed by atoms with Crippen LogP contribution in [0.15, 0.2) is 54.6 Å². The van der Waals surface area contributed by atoms with Gasteiger partial charge in [0, 0.05) is 6.54 Å². The van der Waals surface area contributed by atoms with Crippen LogP contribution in [-0.2, 0) is 11.3 Å². The van der Waals surface area contributed by atoms with Gasteiger partial charge in [-0.2, -0.15) is 5.26 Å². The van der Waals surface area contributed by atoms with Crippen molar-refractivity contribution in [2.24, 2.45) is 0 Å². The molecule has 118 valence electrons. The molecule has 0 spiro atoms. The van der Waals surface area contributed by atoms with Gasteiger partial charge >= 0.3 is 0 Å². The zero-order chi connectivity index (χ0) is 16.5. The molecule has 2 rings (SSSR count). The van der Waals surface area contributed by atoms with Crippen molar-refractivity contribution in [3.63, 3.8) is 0 Å². The maximum Gasteiger partial charge on any atom is 0.223 e. The number of carbonyl (C=O) groups is 1. The minimum atomic E-state index is -0.818. The molecule has 0 heterocycles. The molecule has 0 saturated carbocycles. The summed E-state index contributed by atoms with van der Waals surface area (Å²) in [6.45, 7) is 0.323. The number of aliphatic hydroxyl groups is 1. The molecule has 1 unspecified atom stereocenters. The molecule has 0 aliphatic carbocycles. The fourth-order valence-corrected chi connectivity index (χ4v) is 2.10. The van der Waals surface area contributed by atoms with Crippen LogP contribution in [0.25, 0.3) is 0 Å². The molecular weight excluding hydrogens is 292 g/mol. The molecule has 23 heavy (non-hydrogen) atoms. The maximum absolute atomic E-state index is 11.9. The SMILES string of the molecule is N#CCOc1cccc(CNC(=O)CC(O)c2ccccc2)c1. The summed E-state index contributed by atoms with van der Waals surface area (Å²) in [5.41, 5.74) is 1.58. The lowest BCUT2D eigenvalue weighted by molar-refractivity contribution is -0.123. The van der Waals surface area contributed by atoms with E-state index in [1.165, 1.54) is 0 Å². The molecule has 5 heteroatoms. The molecule has 0 aliphatic heterocycles. The number of aliphatic hydroxyl groups excluding tert-OH is 1. The van der Waals surface area contributed by atoms with Crippen molar-refractivity contribution >= 4 is 5.91 Å². The van der Waals surface area contributed by atoms with Crippen LogP contribution in [0.4, 0.5) is 0 Å². The van der Waals surface area contributed by atoms with Crippen LogP contribution in [0, 0.1) is 11.3 Å². The second-order valence-corrected chi connectivity index (χ2v) is 5.00. The quantitative estimate of drug-likeness (QED) is 0.822. The first kappa shape index (κ1) is 16.5. The number of nitriles is 1. The number of carbonyl (C=O) groups excluding carboxylic acids is 1. The van der Waals surface area contributed by atoms with E-state index in [0.717, 1.165) is 11.1 Å². The van der Waals surface area contributed by atoms with Gasteiger partial charge in [0.25, 0.3) is 0 Å². The van der Waals surface area contributed by atoms with Gasteiger partial charge in [-0.15, -0.1) is 0 Å². The first-order chi connectivity index (χ1) is 11.2. The number of rotatable bonds is 7. The van der Waals surface area contributed by atoms with Gasteiger partial charge in [0.15, 0.2) is 6.61 Å². The molecule has 0 aliphatic rings. The van der Waals surface area contributed by atoms with Gasteiger partial charge in [0.05, 0.1) is 12.5 Å². The normalized spacial score (nSPS) is 11.3. The van der Waals surface area contributed by atoms with E-state index in [0.29, 0.717) is 12.3 Å². The zero-order valence-electron chi connectivity index (χ0n) is 12.6. The smallest absolute Gasteiger partial charge is 0.223 e. The lowest BCUT2D eigenvalue weighted by Crippen LogP contribution is -2.24. The monoisotopic (exact) mass is 310 g/mol. The first-order valence-electron chi connectivity index (χ1n) is 7.27. The number of hydrogen-bond donors (Lipinski definition) is 2. The number of benzene rings is 2. The van der Waals surface area contributed by atoms with E-state index in [-0.39, 0.29) is 18.9 Å². The summed E-state index contributed by atoms with van der Waals surface area (Å²) >= 11 is 0. The van der Waals surface area contributed by atoms with Gasteiger partial charge in [0.2, 0.25) is 5.91 Å². The minimum Gasteiger partial charge on any atom is -0.479 e. The highest BCUT2D eigenvalue weighted by Gasteiger charge is 2.12. The van der Waals surface area contributed by atoms with Crippen molar-refractivity contribution < 1.29 is 14.6 Å². The highest BCUT2D eigenvalue weighted by Crippen LogP contribution is 2.16. The van der Waals surface area contributed by atoms with Crippen LogP contribution >= 0.6 is 0 Å². The Hall–Kier alpha value is -2.84. The highest BCUT2D eigenvalue weighted by atomic mass is 16.5. The standard InChI is InChI=1S/C18H18N2O3/c19-9-10-23-16-8-4-5-14(11-16)13-20-18(22)12-17(21)15-6-2-1-3-7-15/h1-8,11,17,21H,10,12-13H2,(H,20,22). The summed E-state index contributed by atoms with van der Waals surface area (Å²) in [4.78, 5) is 11.9. The third-order valence-electron chi connectivity index (χ3n) is 3.25. The first-order valence-corrected chi connectivity index (χ1v) is 7.27. The Morgan fingerprint density at radius 2 is 2.00 bits per heavy atom. The van der Waals surface area contributed by atoms with E-state index in [9.17, 15) is 9.90 Å². The van der Waals surface area contributed by atoms with Crippen LogP contribution in [0.5, 0.6) is 5.75 Å². The average Bonchev–Trinajstić information content (AvgIpc) is 2.59.